The zero-order chi connectivity index (χ0) is 21.7. The molecule has 1 fully saturated rings. The maximum atomic E-state index is 13.2. The topological polar surface area (TPSA) is 111 Å². The number of nitrogens with zero attached hydrogens (tertiary/aromatic N) is 3. The maximum absolute atomic E-state index is 13.2. The van der Waals surface area contributed by atoms with Gasteiger partial charge in [-0.2, -0.15) is 0 Å². The first kappa shape index (κ1) is 22.4. The number of hydrogen-bond acceptors (Lipinski definition) is 6. The molecule has 2 heterocycles. The van der Waals surface area contributed by atoms with Gasteiger partial charge in [0.05, 0.1) is 30.4 Å². The first-order valence-corrected chi connectivity index (χ1v) is 11.3. The minimum atomic E-state index is -0.471. The number of carbonyl (C=O) groups is 2. The Morgan fingerprint density at radius 3 is 2.73 bits per heavy atom. The molecule has 0 spiro atoms. The number of amides is 2. The number of H-pyrrole nitrogens is 1. The lowest BCUT2D eigenvalue weighted by Crippen LogP contribution is -2.43. The monoisotopic (exact) mass is 433 g/mol. The highest BCUT2D eigenvalue weighted by atomic mass is 32.1. The molecule has 2 aromatic heterocycles. The molecule has 0 aromatic carbocycles. The molecular weight excluding hydrogens is 402 g/mol. The highest BCUT2D eigenvalue weighted by Crippen LogP contribution is 2.34. The molecule has 1 aliphatic rings. The zero-order valence-corrected chi connectivity index (χ0v) is 18.6. The predicted octanol–water partition coefficient (Wildman–Crippen LogP) is 3.78. The number of nitrogens with one attached hydrogen (secondary N) is 2. The van der Waals surface area contributed by atoms with Crippen LogP contribution in [-0.4, -0.2) is 44.1 Å². The molecule has 0 unspecified atom stereocenters. The van der Waals surface area contributed by atoms with Crippen LogP contribution in [0.2, 0.25) is 0 Å². The first-order valence-electron chi connectivity index (χ1n) is 10.4. The third kappa shape index (κ3) is 5.66. The largest absolute Gasteiger partial charge is 0.345 e. The molecule has 0 aliphatic heterocycles. The molecule has 2 amide bonds. The SMILES string of the molecule is CC(C)(C)[C@H](NC(=O)[C@H](CC1CCCC1)CN(O)C=O)c1ncc(-c2nccs2)[nH]1. The van der Waals surface area contributed by atoms with Crippen LogP contribution in [0.25, 0.3) is 10.7 Å². The molecule has 2 aromatic rings. The maximum Gasteiger partial charge on any atom is 0.233 e. The fourth-order valence-electron chi connectivity index (χ4n) is 4.09. The molecule has 9 heteroatoms. The van der Waals surface area contributed by atoms with E-state index in [9.17, 15) is 14.8 Å². The van der Waals surface area contributed by atoms with Crippen molar-refractivity contribution in [1.29, 1.82) is 0 Å². The van der Waals surface area contributed by atoms with E-state index in [1.54, 1.807) is 12.4 Å². The van der Waals surface area contributed by atoms with Crippen molar-refractivity contribution in [1.82, 2.24) is 25.3 Å². The average molecular weight is 434 g/mol. The van der Waals surface area contributed by atoms with Gasteiger partial charge in [0.25, 0.3) is 0 Å². The van der Waals surface area contributed by atoms with Crippen LogP contribution in [0.4, 0.5) is 0 Å². The van der Waals surface area contributed by atoms with Gasteiger partial charge in [0, 0.05) is 11.6 Å². The Kier molecular flexibility index (Phi) is 7.25. The van der Waals surface area contributed by atoms with Crippen molar-refractivity contribution < 1.29 is 14.8 Å². The van der Waals surface area contributed by atoms with Crippen LogP contribution in [-0.2, 0) is 9.59 Å². The summed E-state index contributed by atoms with van der Waals surface area (Å²) < 4.78 is 0. The summed E-state index contributed by atoms with van der Waals surface area (Å²) in [4.78, 5) is 36.3. The van der Waals surface area contributed by atoms with Crippen LogP contribution in [0, 0.1) is 17.3 Å². The predicted molar refractivity (Wildman–Crippen MR) is 115 cm³/mol. The van der Waals surface area contributed by atoms with Gasteiger partial charge in [0.1, 0.15) is 10.8 Å². The number of aromatic nitrogens is 3. The lowest BCUT2D eigenvalue weighted by Gasteiger charge is -2.32. The quantitative estimate of drug-likeness (QED) is 0.317. The molecule has 164 valence electrons. The van der Waals surface area contributed by atoms with Crippen LogP contribution in [0.3, 0.4) is 0 Å². The molecule has 30 heavy (non-hydrogen) atoms. The van der Waals surface area contributed by atoms with Crippen LogP contribution in [0.15, 0.2) is 17.8 Å². The fraction of sp³-hybridized carbons (Fsp3) is 0.619. The number of thiazole rings is 1. The van der Waals surface area contributed by atoms with E-state index in [4.69, 9.17) is 0 Å². The average Bonchev–Trinajstić information content (AvgIpc) is 3.46. The van der Waals surface area contributed by atoms with Crippen LogP contribution in [0.5, 0.6) is 0 Å². The molecule has 8 nitrogen and oxygen atoms in total. The third-order valence-corrected chi connectivity index (χ3v) is 6.48. The van der Waals surface area contributed by atoms with Crippen LogP contribution < -0.4 is 5.32 Å². The van der Waals surface area contributed by atoms with E-state index in [1.807, 2.05) is 26.2 Å². The summed E-state index contributed by atoms with van der Waals surface area (Å²) in [6.07, 6.45) is 9.02. The molecular formula is C21H31N5O3S. The van der Waals surface area contributed by atoms with Crippen molar-refractivity contribution in [2.45, 2.75) is 58.9 Å². The Bertz CT molecular complexity index is 824. The second kappa shape index (κ2) is 9.70. The fourth-order valence-corrected chi connectivity index (χ4v) is 4.69. The smallest absolute Gasteiger partial charge is 0.233 e. The van der Waals surface area contributed by atoms with E-state index in [0.717, 1.165) is 23.5 Å². The minimum absolute atomic E-state index is 0.00871. The van der Waals surface area contributed by atoms with E-state index in [0.29, 0.717) is 29.6 Å². The van der Waals surface area contributed by atoms with Gasteiger partial charge in [-0.1, -0.05) is 46.5 Å². The summed E-state index contributed by atoms with van der Waals surface area (Å²) in [5, 5.41) is 16.2. The molecule has 1 saturated carbocycles. The van der Waals surface area contributed by atoms with Crippen molar-refractivity contribution >= 4 is 23.7 Å². The second-order valence-corrected chi connectivity index (χ2v) is 10.0. The molecule has 0 bridgehead atoms. The second-order valence-electron chi connectivity index (χ2n) is 9.14. The number of hydrogen-bond donors (Lipinski definition) is 3. The van der Waals surface area contributed by atoms with E-state index in [-0.39, 0.29) is 23.9 Å². The molecule has 2 atom stereocenters. The van der Waals surface area contributed by atoms with Crippen molar-refractivity contribution in [3.8, 4) is 10.7 Å². The summed E-state index contributed by atoms with van der Waals surface area (Å²) in [5.74, 6) is 0.474. The van der Waals surface area contributed by atoms with Gasteiger partial charge >= 0.3 is 0 Å². The summed E-state index contributed by atoms with van der Waals surface area (Å²) in [6.45, 7) is 6.11. The van der Waals surface area contributed by atoms with Gasteiger partial charge in [-0.3, -0.25) is 14.8 Å². The Balaban J connectivity index is 1.78. The summed E-state index contributed by atoms with van der Waals surface area (Å²) in [7, 11) is 0. The Morgan fingerprint density at radius 1 is 1.40 bits per heavy atom. The summed E-state index contributed by atoms with van der Waals surface area (Å²) in [5.41, 5.74) is 0.517. The molecule has 1 aliphatic carbocycles. The standard InChI is InChI=1S/C21H31N5O3S/c1-21(2,3)17(18-23-11-16(24-18)20-22-8-9-30-20)25-19(28)15(12-26(29)13-27)10-14-6-4-5-7-14/h8-9,11,13-15,17,29H,4-7,10,12H2,1-3H3,(H,23,24)(H,25,28)/t15-,17-/m1/s1. The normalized spacial score (nSPS) is 16.9. The van der Waals surface area contributed by atoms with Gasteiger partial charge in [0.15, 0.2) is 0 Å². The van der Waals surface area contributed by atoms with Crippen molar-refractivity contribution in [2.24, 2.45) is 17.3 Å². The lowest BCUT2D eigenvalue weighted by atomic mass is 9.85. The zero-order valence-electron chi connectivity index (χ0n) is 17.8. The Morgan fingerprint density at radius 2 is 2.13 bits per heavy atom. The van der Waals surface area contributed by atoms with Crippen molar-refractivity contribution in [2.75, 3.05) is 6.54 Å². The van der Waals surface area contributed by atoms with Gasteiger partial charge < -0.3 is 10.3 Å². The van der Waals surface area contributed by atoms with Gasteiger partial charge in [-0.05, 0) is 17.8 Å². The summed E-state index contributed by atoms with van der Waals surface area (Å²) >= 11 is 1.52. The van der Waals surface area contributed by atoms with Gasteiger partial charge in [-0.25, -0.2) is 15.0 Å². The first-order chi connectivity index (χ1) is 14.3. The minimum Gasteiger partial charge on any atom is -0.345 e. The Labute approximate surface area is 181 Å². The van der Waals surface area contributed by atoms with Gasteiger partial charge in [0.2, 0.25) is 12.3 Å². The van der Waals surface area contributed by atoms with E-state index in [2.05, 4.69) is 20.3 Å². The van der Waals surface area contributed by atoms with Crippen LogP contribution >= 0.6 is 11.3 Å². The van der Waals surface area contributed by atoms with Crippen molar-refractivity contribution in [3.63, 3.8) is 0 Å². The summed E-state index contributed by atoms with van der Waals surface area (Å²) in [6, 6.07) is -0.354. The van der Waals surface area contributed by atoms with E-state index in [1.165, 1.54) is 24.2 Å². The molecule has 0 radical (unpaired) electrons. The highest BCUT2D eigenvalue weighted by Gasteiger charge is 2.34. The number of rotatable bonds is 9. The highest BCUT2D eigenvalue weighted by molar-refractivity contribution is 7.13. The van der Waals surface area contributed by atoms with E-state index >= 15 is 0 Å². The van der Waals surface area contributed by atoms with Crippen molar-refractivity contribution in [3.05, 3.63) is 23.6 Å². The van der Waals surface area contributed by atoms with E-state index < -0.39 is 5.92 Å². The lowest BCUT2D eigenvalue weighted by molar-refractivity contribution is -0.155. The number of hydroxylamine groups is 2. The Hall–Kier alpha value is -2.26. The molecule has 3 rings (SSSR count). The molecule has 3 N–H and O–H groups in total. The molecule has 0 saturated heterocycles. The number of imidazole rings is 1. The number of carbonyl (C=O) groups excluding carboxylic acids is 2. The number of aromatic amines is 1. The van der Waals surface area contributed by atoms with Crippen LogP contribution in [0.1, 0.15) is 64.7 Å². The van der Waals surface area contributed by atoms with Gasteiger partial charge in [-0.15, -0.1) is 11.3 Å². The third-order valence-electron chi connectivity index (χ3n) is 5.68.